The standard InChI is InChI=1S/C23H25N9O3S/c33-18-4-1-3-17-16-11-15(13-32(17)18)12-31(14-16)23(35)26-20-19(27-28-36-20)21(34)29-7-9-30(10-8-29)22-24-5-2-6-25-22/h1-6,15-16H,7-14H2,(H,26,35)/t15-,16+/m1/s1. The lowest BCUT2D eigenvalue weighted by molar-refractivity contribution is 0.0741. The fourth-order valence-corrected chi connectivity index (χ4v) is 5.92. The topological polar surface area (TPSA) is 129 Å². The summed E-state index contributed by atoms with van der Waals surface area (Å²) in [5.74, 6) is 0.721. The van der Waals surface area contributed by atoms with Gasteiger partial charge in [-0.15, -0.1) is 5.10 Å². The van der Waals surface area contributed by atoms with Crippen molar-refractivity contribution in [3.05, 3.63) is 58.4 Å². The SMILES string of the molecule is O=C(Nc1snnc1C(=O)N1CCN(c2ncccn2)CC1)N1C[C@H]2C[C@@H](C1)c1cccc(=O)n1C2. The average Bonchev–Trinajstić information content (AvgIpc) is 3.37. The van der Waals surface area contributed by atoms with Crippen LogP contribution in [0.3, 0.4) is 0 Å². The van der Waals surface area contributed by atoms with Crippen LogP contribution in [-0.2, 0) is 6.54 Å². The molecule has 2 bridgehead atoms. The molecule has 6 heterocycles. The van der Waals surface area contributed by atoms with Crippen LogP contribution in [0.15, 0.2) is 41.5 Å². The minimum Gasteiger partial charge on any atom is -0.337 e. The summed E-state index contributed by atoms with van der Waals surface area (Å²) in [6, 6.07) is 6.82. The Morgan fingerprint density at radius 3 is 2.58 bits per heavy atom. The highest BCUT2D eigenvalue weighted by Crippen LogP contribution is 2.35. The van der Waals surface area contributed by atoms with E-state index < -0.39 is 0 Å². The van der Waals surface area contributed by atoms with E-state index in [4.69, 9.17) is 0 Å². The van der Waals surface area contributed by atoms with Gasteiger partial charge in [-0.1, -0.05) is 10.6 Å². The zero-order valence-electron chi connectivity index (χ0n) is 19.5. The van der Waals surface area contributed by atoms with Gasteiger partial charge >= 0.3 is 6.03 Å². The number of anilines is 2. The van der Waals surface area contributed by atoms with Crippen LogP contribution >= 0.6 is 11.5 Å². The minimum absolute atomic E-state index is 0.0103. The van der Waals surface area contributed by atoms with E-state index in [1.165, 1.54) is 0 Å². The third kappa shape index (κ3) is 4.19. The lowest BCUT2D eigenvalue weighted by Crippen LogP contribution is -2.50. The second-order valence-corrected chi connectivity index (χ2v) is 10.1. The molecule has 13 heteroatoms. The third-order valence-electron chi connectivity index (χ3n) is 7.08. The van der Waals surface area contributed by atoms with Gasteiger partial charge in [0.05, 0.1) is 0 Å². The molecular weight excluding hydrogens is 482 g/mol. The van der Waals surface area contributed by atoms with Gasteiger partial charge in [-0.25, -0.2) is 14.8 Å². The number of carbonyl (C=O) groups excluding carboxylic acids is 2. The van der Waals surface area contributed by atoms with E-state index in [9.17, 15) is 14.4 Å². The normalized spacial score (nSPS) is 21.2. The van der Waals surface area contributed by atoms with Crippen molar-refractivity contribution in [1.29, 1.82) is 0 Å². The molecule has 6 rings (SSSR count). The Bertz CT molecular complexity index is 1340. The number of piperazine rings is 1. The molecule has 3 aliphatic heterocycles. The molecule has 0 radical (unpaired) electrons. The minimum atomic E-state index is -0.275. The van der Waals surface area contributed by atoms with Crippen molar-refractivity contribution >= 4 is 34.4 Å². The number of carbonyl (C=O) groups is 2. The highest BCUT2D eigenvalue weighted by atomic mass is 32.1. The van der Waals surface area contributed by atoms with Crippen molar-refractivity contribution in [2.24, 2.45) is 5.92 Å². The van der Waals surface area contributed by atoms with E-state index in [2.05, 4.69) is 24.9 Å². The second-order valence-electron chi connectivity index (χ2n) is 9.31. The highest BCUT2D eigenvalue weighted by molar-refractivity contribution is 7.10. The van der Waals surface area contributed by atoms with Crippen molar-refractivity contribution in [3.63, 3.8) is 0 Å². The summed E-state index contributed by atoms with van der Waals surface area (Å²) in [5.41, 5.74) is 1.15. The van der Waals surface area contributed by atoms with E-state index in [0.29, 0.717) is 56.8 Å². The number of hydrogen-bond acceptors (Lipinski definition) is 9. The molecule has 0 unspecified atom stereocenters. The summed E-state index contributed by atoms with van der Waals surface area (Å²) in [5, 5.41) is 7.26. The molecular formula is C23H25N9O3S. The Kier molecular flexibility index (Phi) is 5.83. The summed E-state index contributed by atoms with van der Waals surface area (Å²) in [6.45, 7) is 3.90. The van der Waals surface area contributed by atoms with Crippen LogP contribution in [0.1, 0.15) is 28.5 Å². The first-order valence-corrected chi connectivity index (χ1v) is 12.7. The summed E-state index contributed by atoms with van der Waals surface area (Å²) < 4.78 is 5.77. The molecule has 3 amide bonds. The van der Waals surface area contributed by atoms with Gasteiger partial charge in [0, 0.05) is 87.4 Å². The predicted molar refractivity (Wildman–Crippen MR) is 132 cm³/mol. The molecule has 2 atom stereocenters. The van der Waals surface area contributed by atoms with Crippen LogP contribution in [-0.4, -0.2) is 85.1 Å². The summed E-state index contributed by atoms with van der Waals surface area (Å²) in [4.78, 5) is 52.7. The summed E-state index contributed by atoms with van der Waals surface area (Å²) >= 11 is 1.00. The fourth-order valence-electron chi connectivity index (χ4n) is 5.36. The van der Waals surface area contributed by atoms with Crippen molar-refractivity contribution in [3.8, 4) is 0 Å². The van der Waals surface area contributed by atoms with E-state index in [-0.39, 0.29) is 35.0 Å². The van der Waals surface area contributed by atoms with E-state index in [1.807, 2.05) is 15.5 Å². The largest absolute Gasteiger partial charge is 0.337 e. The summed E-state index contributed by atoms with van der Waals surface area (Å²) in [7, 11) is 0. The van der Waals surface area contributed by atoms with Gasteiger partial charge in [0.15, 0.2) is 10.7 Å². The zero-order valence-corrected chi connectivity index (χ0v) is 20.3. The lowest BCUT2D eigenvalue weighted by atomic mass is 9.83. The number of rotatable bonds is 3. The number of amides is 3. The maximum absolute atomic E-state index is 13.2. The molecule has 0 aliphatic carbocycles. The van der Waals surface area contributed by atoms with Crippen LogP contribution in [0, 0.1) is 5.92 Å². The van der Waals surface area contributed by atoms with Crippen LogP contribution in [0.5, 0.6) is 0 Å². The average molecular weight is 508 g/mol. The van der Waals surface area contributed by atoms with Gasteiger partial charge in [0.25, 0.3) is 11.5 Å². The number of likely N-dealkylation sites (tertiary alicyclic amines) is 1. The molecule has 36 heavy (non-hydrogen) atoms. The number of piperidine rings is 1. The molecule has 3 aliphatic rings. The Labute approximate surface area is 210 Å². The monoisotopic (exact) mass is 507 g/mol. The maximum atomic E-state index is 13.2. The Morgan fingerprint density at radius 2 is 1.78 bits per heavy atom. The smallest absolute Gasteiger partial charge is 0.322 e. The van der Waals surface area contributed by atoms with Crippen LogP contribution < -0.4 is 15.8 Å². The molecule has 3 aromatic heterocycles. The molecule has 0 saturated carbocycles. The molecule has 186 valence electrons. The number of hydrogen-bond donors (Lipinski definition) is 1. The number of aromatic nitrogens is 5. The van der Waals surface area contributed by atoms with Gasteiger partial charge in [-0.2, -0.15) is 0 Å². The van der Waals surface area contributed by atoms with Crippen molar-refractivity contribution in [1.82, 2.24) is 33.9 Å². The first kappa shape index (κ1) is 22.6. The van der Waals surface area contributed by atoms with Crippen molar-refractivity contribution < 1.29 is 9.59 Å². The highest BCUT2D eigenvalue weighted by Gasteiger charge is 2.37. The number of nitrogens with zero attached hydrogens (tertiary/aromatic N) is 8. The molecule has 0 spiro atoms. The zero-order chi connectivity index (χ0) is 24.6. The number of nitrogens with one attached hydrogen (secondary N) is 1. The van der Waals surface area contributed by atoms with Crippen LogP contribution in [0.25, 0.3) is 0 Å². The molecule has 12 nitrogen and oxygen atoms in total. The molecule has 0 aromatic carbocycles. The van der Waals surface area contributed by atoms with Gasteiger partial charge in [0.2, 0.25) is 5.95 Å². The third-order valence-corrected chi connectivity index (χ3v) is 7.72. The number of urea groups is 1. The number of pyridine rings is 1. The van der Waals surface area contributed by atoms with Gasteiger partial charge in [0.1, 0.15) is 0 Å². The Balaban J connectivity index is 1.10. The van der Waals surface area contributed by atoms with E-state index >= 15 is 0 Å². The van der Waals surface area contributed by atoms with E-state index in [0.717, 1.165) is 23.6 Å². The first-order valence-electron chi connectivity index (χ1n) is 12.0. The van der Waals surface area contributed by atoms with Crippen LogP contribution in [0.4, 0.5) is 15.7 Å². The second kappa shape index (κ2) is 9.30. The van der Waals surface area contributed by atoms with Crippen LogP contribution in [0.2, 0.25) is 0 Å². The molecule has 2 fully saturated rings. The number of fused-ring (bicyclic) bond motifs is 4. The Morgan fingerprint density at radius 1 is 0.972 bits per heavy atom. The van der Waals surface area contributed by atoms with Gasteiger partial charge in [-0.3, -0.25) is 14.9 Å². The quantitative estimate of drug-likeness (QED) is 0.558. The maximum Gasteiger partial charge on any atom is 0.322 e. The molecule has 3 aromatic rings. The van der Waals surface area contributed by atoms with Crippen molar-refractivity contribution in [2.75, 3.05) is 49.5 Å². The van der Waals surface area contributed by atoms with Gasteiger partial charge in [-0.05, 0) is 24.5 Å². The molecule has 2 saturated heterocycles. The predicted octanol–water partition coefficient (Wildman–Crippen LogP) is 1.10. The molecule has 1 N–H and O–H groups in total. The van der Waals surface area contributed by atoms with E-state index in [1.54, 1.807) is 40.4 Å². The first-order chi connectivity index (χ1) is 17.6. The summed E-state index contributed by atoms with van der Waals surface area (Å²) in [6.07, 6.45) is 4.35. The lowest BCUT2D eigenvalue weighted by Gasteiger charge is -2.42. The fraction of sp³-hybridized carbons (Fsp3) is 0.435. The van der Waals surface area contributed by atoms with Crippen molar-refractivity contribution in [2.45, 2.75) is 18.9 Å². The Hall–Kier alpha value is -3.87. The van der Waals surface area contributed by atoms with Gasteiger partial charge < -0.3 is 19.3 Å².